The number of rotatable bonds is 0. The highest BCUT2D eigenvalue weighted by molar-refractivity contribution is 5.82. The van der Waals surface area contributed by atoms with E-state index in [0.717, 1.165) is 24.7 Å². The fourth-order valence-electron chi connectivity index (χ4n) is 3.89. The molecule has 3 fully saturated rings. The second kappa shape index (κ2) is 1.70. The van der Waals surface area contributed by atoms with E-state index in [9.17, 15) is 4.79 Å². The predicted molar refractivity (Wildman–Crippen MR) is 42.1 cm³/mol. The van der Waals surface area contributed by atoms with Crippen LogP contribution in [-0.4, -0.2) is 5.78 Å². The van der Waals surface area contributed by atoms with Gasteiger partial charge in [0.25, 0.3) is 0 Å². The normalized spacial score (nSPS) is 53.6. The van der Waals surface area contributed by atoms with Gasteiger partial charge in [-0.2, -0.15) is 0 Å². The Kier molecular flexibility index (Phi) is 0.961. The summed E-state index contributed by atoms with van der Waals surface area (Å²) in [4.78, 5) is 11.2. The van der Waals surface area contributed by atoms with Gasteiger partial charge < -0.3 is 0 Å². The maximum Gasteiger partial charge on any atom is 0.133 e. The average Bonchev–Trinajstić information content (AvgIpc) is 2.50. The molecule has 0 spiro atoms. The third kappa shape index (κ3) is 0.605. The molecule has 2 bridgehead atoms. The van der Waals surface area contributed by atoms with E-state index in [1.165, 1.54) is 25.7 Å². The fourth-order valence-corrected chi connectivity index (χ4v) is 3.89. The van der Waals surface area contributed by atoms with Gasteiger partial charge in [-0.25, -0.2) is 0 Å². The maximum absolute atomic E-state index is 11.2. The largest absolute Gasteiger partial charge is 0.300 e. The first-order valence-corrected chi connectivity index (χ1v) is 4.82. The number of hydrogen-bond acceptors (Lipinski definition) is 1. The minimum atomic E-state index is 0.543. The minimum Gasteiger partial charge on any atom is -0.300 e. The van der Waals surface area contributed by atoms with E-state index in [1.807, 2.05) is 0 Å². The molecule has 60 valence electrons. The first kappa shape index (κ1) is 6.22. The average molecular weight is 150 g/mol. The molecule has 3 saturated carbocycles. The van der Waals surface area contributed by atoms with Crippen LogP contribution in [-0.2, 0) is 4.79 Å². The summed E-state index contributed by atoms with van der Waals surface area (Å²) in [5.74, 6) is 2.33. The van der Waals surface area contributed by atoms with Gasteiger partial charge in [0.1, 0.15) is 5.78 Å². The molecule has 0 aromatic rings. The molecule has 0 aliphatic heterocycles. The van der Waals surface area contributed by atoms with Crippen molar-refractivity contribution in [1.29, 1.82) is 0 Å². The van der Waals surface area contributed by atoms with Crippen molar-refractivity contribution >= 4 is 5.78 Å². The highest BCUT2D eigenvalue weighted by atomic mass is 16.1. The lowest BCUT2D eigenvalue weighted by Crippen LogP contribution is -2.15. The van der Waals surface area contributed by atoms with Crippen molar-refractivity contribution in [3.05, 3.63) is 0 Å². The Bertz CT molecular complexity index is 211. The SMILES string of the molecule is O=C1CC2C3CCC2(CC3)C1. The van der Waals surface area contributed by atoms with Crippen molar-refractivity contribution in [3.63, 3.8) is 0 Å². The van der Waals surface area contributed by atoms with E-state index in [0.29, 0.717) is 11.2 Å². The second-order valence-electron chi connectivity index (χ2n) is 4.73. The van der Waals surface area contributed by atoms with Crippen LogP contribution in [0.5, 0.6) is 0 Å². The van der Waals surface area contributed by atoms with Crippen molar-refractivity contribution in [1.82, 2.24) is 0 Å². The molecule has 1 heteroatoms. The molecule has 0 saturated heterocycles. The van der Waals surface area contributed by atoms with E-state index in [4.69, 9.17) is 0 Å². The van der Waals surface area contributed by atoms with Gasteiger partial charge in [0.2, 0.25) is 0 Å². The Hall–Kier alpha value is -0.330. The highest BCUT2D eigenvalue weighted by Crippen LogP contribution is 2.64. The van der Waals surface area contributed by atoms with Gasteiger partial charge in [0.15, 0.2) is 0 Å². The lowest BCUT2D eigenvalue weighted by atomic mass is 9.81. The Balaban J connectivity index is 2.02. The number of carbonyl (C=O) groups is 1. The fraction of sp³-hybridized carbons (Fsp3) is 0.900. The van der Waals surface area contributed by atoms with E-state index in [2.05, 4.69) is 0 Å². The van der Waals surface area contributed by atoms with E-state index < -0.39 is 0 Å². The molecule has 0 amide bonds. The molecule has 0 radical (unpaired) electrons. The molecule has 0 N–H and O–H groups in total. The van der Waals surface area contributed by atoms with Crippen molar-refractivity contribution in [2.24, 2.45) is 17.3 Å². The van der Waals surface area contributed by atoms with Crippen LogP contribution in [0.15, 0.2) is 0 Å². The molecule has 3 aliphatic rings. The summed E-state index contributed by atoms with van der Waals surface area (Å²) in [6.45, 7) is 0. The summed E-state index contributed by atoms with van der Waals surface area (Å²) in [6, 6.07) is 0. The second-order valence-corrected chi connectivity index (χ2v) is 4.73. The summed E-state index contributed by atoms with van der Waals surface area (Å²) in [7, 11) is 0. The third-order valence-corrected chi connectivity index (χ3v) is 4.38. The van der Waals surface area contributed by atoms with E-state index in [-0.39, 0.29) is 0 Å². The number of ketones is 1. The monoisotopic (exact) mass is 150 g/mol. The van der Waals surface area contributed by atoms with Crippen molar-refractivity contribution in [3.8, 4) is 0 Å². The predicted octanol–water partition coefficient (Wildman–Crippen LogP) is 2.16. The first-order valence-electron chi connectivity index (χ1n) is 4.82. The van der Waals surface area contributed by atoms with Crippen LogP contribution in [0.3, 0.4) is 0 Å². The molecule has 0 aromatic carbocycles. The van der Waals surface area contributed by atoms with Gasteiger partial charge >= 0.3 is 0 Å². The van der Waals surface area contributed by atoms with Gasteiger partial charge in [-0.15, -0.1) is 0 Å². The number of hydrogen-bond donors (Lipinski definition) is 0. The molecule has 1 atom stereocenters. The lowest BCUT2D eigenvalue weighted by molar-refractivity contribution is -0.118. The molecular weight excluding hydrogens is 136 g/mol. The number of Topliss-reactive ketones (excluding diaryl/α,β-unsaturated/α-hetero) is 1. The highest BCUT2D eigenvalue weighted by Gasteiger charge is 2.57. The topological polar surface area (TPSA) is 17.1 Å². The molecule has 11 heavy (non-hydrogen) atoms. The van der Waals surface area contributed by atoms with Gasteiger partial charge in [0, 0.05) is 12.8 Å². The lowest BCUT2D eigenvalue weighted by Gasteiger charge is -2.23. The van der Waals surface area contributed by atoms with Crippen LogP contribution < -0.4 is 0 Å². The quantitative estimate of drug-likeness (QED) is 0.517. The Morgan fingerprint density at radius 3 is 2.64 bits per heavy atom. The van der Waals surface area contributed by atoms with E-state index in [1.54, 1.807) is 0 Å². The van der Waals surface area contributed by atoms with Crippen LogP contribution in [0, 0.1) is 17.3 Å². The van der Waals surface area contributed by atoms with Crippen LogP contribution in [0.1, 0.15) is 38.5 Å². The number of carbonyl (C=O) groups excluding carboxylic acids is 1. The Morgan fingerprint density at radius 1 is 1.27 bits per heavy atom. The third-order valence-electron chi connectivity index (χ3n) is 4.38. The molecule has 0 heterocycles. The first-order chi connectivity index (χ1) is 5.30. The van der Waals surface area contributed by atoms with Gasteiger partial charge in [-0.1, -0.05) is 0 Å². The van der Waals surface area contributed by atoms with Gasteiger partial charge in [-0.05, 0) is 42.9 Å². The summed E-state index contributed by atoms with van der Waals surface area (Å²) >= 11 is 0. The van der Waals surface area contributed by atoms with Gasteiger partial charge in [-0.3, -0.25) is 4.79 Å². The molecule has 1 unspecified atom stereocenters. The molecule has 0 aromatic heterocycles. The van der Waals surface area contributed by atoms with Crippen LogP contribution in [0.2, 0.25) is 0 Å². The van der Waals surface area contributed by atoms with Crippen molar-refractivity contribution in [2.45, 2.75) is 38.5 Å². The summed E-state index contributed by atoms with van der Waals surface area (Å²) in [6.07, 6.45) is 7.47. The minimum absolute atomic E-state index is 0.543. The van der Waals surface area contributed by atoms with Crippen molar-refractivity contribution in [2.75, 3.05) is 0 Å². The molecule has 3 aliphatic carbocycles. The maximum atomic E-state index is 11.2. The van der Waals surface area contributed by atoms with Crippen LogP contribution in [0.4, 0.5) is 0 Å². The Morgan fingerprint density at radius 2 is 2.00 bits per heavy atom. The standard InChI is InChI=1S/C10H14O/c11-8-5-9-7-1-3-10(9,6-8)4-2-7/h7,9H,1-6H2. The summed E-state index contributed by atoms with van der Waals surface area (Å²) in [5.41, 5.74) is 0.543. The summed E-state index contributed by atoms with van der Waals surface area (Å²) in [5, 5.41) is 0. The Labute approximate surface area is 67.2 Å². The van der Waals surface area contributed by atoms with Gasteiger partial charge in [0.05, 0.1) is 0 Å². The smallest absolute Gasteiger partial charge is 0.133 e. The molecular formula is C10H14O. The van der Waals surface area contributed by atoms with Crippen molar-refractivity contribution < 1.29 is 4.79 Å². The zero-order chi connectivity index (χ0) is 7.47. The molecule has 1 nitrogen and oxygen atoms in total. The van der Waals surface area contributed by atoms with Crippen LogP contribution >= 0.6 is 0 Å². The summed E-state index contributed by atoms with van der Waals surface area (Å²) < 4.78 is 0. The molecule has 3 rings (SSSR count). The zero-order valence-corrected chi connectivity index (χ0v) is 6.81. The van der Waals surface area contributed by atoms with E-state index >= 15 is 0 Å². The van der Waals surface area contributed by atoms with Crippen LogP contribution in [0.25, 0.3) is 0 Å². The zero-order valence-electron chi connectivity index (χ0n) is 6.81.